The summed E-state index contributed by atoms with van der Waals surface area (Å²) in [5.74, 6) is -0.404. The molecule has 1 atom stereocenters. The molecule has 0 saturated carbocycles. The number of benzene rings is 1. The Morgan fingerprint density at radius 1 is 1.16 bits per heavy atom. The maximum atomic E-state index is 13.2. The van der Waals surface area contributed by atoms with Crippen LogP contribution >= 0.6 is 0 Å². The van der Waals surface area contributed by atoms with E-state index in [4.69, 9.17) is 4.42 Å². The summed E-state index contributed by atoms with van der Waals surface area (Å²) >= 11 is 0. The van der Waals surface area contributed by atoms with Gasteiger partial charge in [0, 0.05) is 31.9 Å². The number of nitrogens with zero attached hydrogens (tertiary/aromatic N) is 2. The molecule has 0 spiro atoms. The molecule has 1 N–H and O–H groups in total. The van der Waals surface area contributed by atoms with Gasteiger partial charge in [0.1, 0.15) is 5.82 Å². The summed E-state index contributed by atoms with van der Waals surface area (Å²) in [6, 6.07) is 8.76. The number of hydrogen-bond donors (Lipinski definition) is 1. The van der Waals surface area contributed by atoms with Crippen molar-refractivity contribution in [2.24, 2.45) is 0 Å². The van der Waals surface area contributed by atoms with E-state index in [9.17, 15) is 14.0 Å². The molecule has 25 heavy (non-hydrogen) atoms. The maximum Gasteiger partial charge on any atom is 0.289 e. The van der Waals surface area contributed by atoms with Gasteiger partial charge in [-0.1, -0.05) is 6.07 Å². The molecule has 1 aliphatic rings. The Morgan fingerprint density at radius 3 is 2.56 bits per heavy atom. The number of hydrogen-bond acceptors (Lipinski definition) is 4. The highest BCUT2D eigenvalue weighted by Gasteiger charge is 2.28. The van der Waals surface area contributed by atoms with Crippen LogP contribution in [0.25, 0.3) is 0 Å². The van der Waals surface area contributed by atoms with Crippen molar-refractivity contribution in [3.05, 3.63) is 54.2 Å². The van der Waals surface area contributed by atoms with Crippen molar-refractivity contribution in [2.45, 2.75) is 13.0 Å². The SMILES string of the molecule is C[C@H](C(=O)Nc1cccc(F)c1)N1CCN(C(=O)c2ccco2)CC1. The Morgan fingerprint density at radius 2 is 1.92 bits per heavy atom. The number of piperazine rings is 1. The third-order valence-electron chi connectivity index (χ3n) is 4.35. The highest BCUT2D eigenvalue weighted by molar-refractivity contribution is 5.94. The van der Waals surface area contributed by atoms with Gasteiger partial charge in [0.15, 0.2) is 5.76 Å². The summed E-state index contributed by atoms with van der Waals surface area (Å²) in [6.07, 6.45) is 1.47. The number of amides is 2. The van der Waals surface area contributed by atoms with E-state index in [1.165, 1.54) is 18.4 Å². The number of halogens is 1. The van der Waals surface area contributed by atoms with Crippen LogP contribution in [0, 0.1) is 5.82 Å². The first-order chi connectivity index (χ1) is 12.0. The summed E-state index contributed by atoms with van der Waals surface area (Å²) < 4.78 is 18.3. The predicted molar refractivity (Wildman–Crippen MR) is 90.7 cm³/mol. The number of carbonyl (C=O) groups is 2. The van der Waals surface area contributed by atoms with Crippen LogP contribution in [0.1, 0.15) is 17.5 Å². The molecule has 0 radical (unpaired) electrons. The number of carbonyl (C=O) groups excluding carboxylic acids is 2. The fourth-order valence-electron chi connectivity index (χ4n) is 2.85. The Kier molecular flexibility index (Phi) is 5.14. The average Bonchev–Trinajstić information content (AvgIpc) is 3.15. The van der Waals surface area contributed by atoms with Crippen LogP contribution in [0.2, 0.25) is 0 Å². The molecule has 132 valence electrons. The first-order valence-electron chi connectivity index (χ1n) is 8.18. The molecule has 0 bridgehead atoms. The molecule has 1 saturated heterocycles. The van der Waals surface area contributed by atoms with Crippen LogP contribution in [0.4, 0.5) is 10.1 Å². The lowest BCUT2D eigenvalue weighted by atomic mass is 10.2. The molecule has 1 aliphatic heterocycles. The van der Waals surface area contributed by atoms with Crippen LogP contribution in [0.15, 0.2) is 47.1 Å². The summed E-state index contributed by atoms with van der Waals surface area (Å²) in [5, 5.41) is 2.72. The molecule has 0 unspecified atom stereocenters. The van der Waals surface area contributed by atoms with E-state index in [1.54, 1.807) is 36.1 Å². The zero-order valence-electron chi connectivity index (χ0n) is 13.9. The molecule has 7 heteroatoms. The normalized spacial score (nSPS) is 16.5. The monoisotopic (exact) mass is 345 g/mol. The fourth-order valence-corrected chi connectivity index (χ4v) is 2.85. The maximum absolute atomic E-state index is 13.2. The minimum Gasteiger partial charge on any atom is -0.459 e. The zero-order chi connectivity index (χ0) is 17.8. The summed E-state index contributed by atoms with van der Waals surface area (Å²) in [6.45, 7) is 4.03. The van der Waals surface area contributed by atoms with Crippen molar-refractivity contribution in [2.75, 3.05) is 31.5 Å². The summed E-state index contributed by atoms with van der Waals surface area (Å²) in [4.78, 5) is 28.3. The van der Waals surface area contributed by atoms with Crippen LogP contribution < -0.4 is 5.32 Å². The van der Waals surface area contributed by atoms with Crippen LogP contribution in [0.5, 0.6) is 0 Å². The number of anilines is 1. The van der Waals surface area contributed by atoms with E-state index in [0.717, 1.165) is 0 Å². The summed E-state index contributed by atoms with van der Waals surface area (Å²) in [7, 11) is 0. The lowest BCUT2D eigenvalue weighted by Gasteiger charge is -2.37. The third kappa shape index (κ3) is 4.06. The molecular weight excluding hydrogens is 325 g/mol. The van der Waals surface area contributed by atoms with Gasteiger partial charge in [-0.05, 0) is 37.3 Å². The molecule has 1 fully saturated rings. The molecule has 1 aromatic carbocycles. The lowest BCUT2D eigenvalue weighted by Crippen LogP contribution is -2.54. The van der Waals surface area contributed by atoms with Gasteiger partial charge < -0.3 is 14.6 Å². The standard InChI is InChI=1S/C18H20FN3O3/c1-13(17(23)20-15-5-2-4-14(19)12-15)21-7-9-22(10-8-21)18(24)16-6-3-11-25-16/h2-6,11-13H,7-10H2,1H3,(H,20,23)/t13-/m1/s1. The Bertz CT molecular complexity index is 740. The zero-order valence-corrected chi connectivity index (χ0v) is 13.9. The quantitative estimate of drug-likeness (QED) is 0.923. The predicted octanol–water partition coefficient (Wildman–Crippen LogP) is 2.20. The van der Waals surface area contributed by atoms with Gasteiger partial charge in [-0.2, -0.15) is 0 Å². The van der Waals surface area contributed by atoms with E-state index >= 15 is 0 Å². The third-order valence-corrected chi connectivity index (χ3v) is 4.35. The van der Waals surface area contributed by atoms with Gasteiger partial charge in [0.2, 0.25) is 5.91 Å². The van der Waals surface area contributed by atoms with Crippen molar-refractivity contribution in [1.82, 2.24) is 9.80 Å². The van der Waals surface area contributed by atoms with Crippen molar-refractivity contribution < 1.29 is 18.4 Å². The van der Waals surface area contributed by atoms with Crippen LogP contribution in [-0.2, 0) is 4.79 Å². The van der Waals surface area contributed by atoms with Crippen molar-refractivity contribution in [3.63, 3.8) is 0 Å². The Hall–Kier alpha value is -2.67. The number of furan rings is 1. The van der Waals surface area contributed by atoms with Gasteiger partial charge in [-0.25, -0.2) is 4.39 Å². The van der Waals surface area contributed by atoms with Gasteiger partial charge in [-0.15, -0.1) is 0 Å². The minimum absolute atomic E-state index is 0.137. The second-order valence-corrected chi connectivity index (χ2v) is 5.98. The highest BCUT2D eigenvalue weighted by Crippen LogP contribution is 2.14. The van der Waals surface area contributed by atoms with Crippen molar-refractivity contribution in [1.29, 1.82) is 0 Å². The summed E-state index contributed by atoms with van der Waals surface area (Å²) in [5.41, 5.74) is 0.434. The van der Waals surface area contributed by atoms with E-state index in [-0.39, 0.29) is 17.9 Å². The molecule has 0 aliphatic carbocycles. The minimum atomic E-state index is -0.393. The van der Waals surface area contributed by atoms with Crippen LogP contribution in [-0.4, -0.2) is 53.8 Å². The van der Waals surface area contributed by atoms with Gasteiger partial charge in [0.05, 0.1) is 12.3 Å². The van der Waals surface area contributed by atoms with Gasteiger partial charge in [-0.3, -0.25) is 14.5 Å². The van der Waals surface area contributed by atoms with E-state index in [0.29, 0.717) is 37.6 Å². The Balaban J connectivity index is 1.53. The average molecular weight is 345 g/mol. The Labute approximate surface area is 145 Å². The van der Waals surface area contributed by atoms with E-state index in [2.05, 4.69) is 5.32 Å². The van der Waals surface area contributed by atoms with Gasteiger partial charge >= 0.3 is 0 Å². The van der Waals surface area contributed by atoms with Crippen molar-refractivity contribution in [3.8, 4) is 0 Å². The van der Waals surface area contributed by atoms with Crippen molar-refractivity contribution >= 4 is 17.5 Å². The molecule has 2 amide bonds. The molecule has 2 heterocycles. The first kappa shape index (κ1) is 17.2. The second-order valence-electron chi connectivity index (χ2n) is 5.98. The second kappa shape index (κ2) is 7.48. The highest BCUT2D eigenvalue weighted by atomic mass is 19.1. The van der Waals surface area contributed by atoms with Gasteiger partial charge in [0.25, 0.3) is 5.91 Å². The molecular formula is C18H20FN3O3. The molecule has 1 aromatic heterocycles. The first-order valence-corrected chi connectivity index (χ1v) is 8.18. The molecule has 2 aromatic rings. The molecule has 6 nitrogen and oxygen atoms in total. The topological polar surface area (TPSA) is 65.8 Å². The molecule has 3 rings (SSSR count). The van der Waals surface area contributed by atoms with E-state index in [1.807, 2.05) is 4.90 Å². The number of nitrogens with one attached hydrogen (secondary N) is 1. The number of rotatable bonds is 4. The lowest BCUT2D eigenvalue weighted by molar-refractivity contribution is -0.121. The smallest absolute Gasteiger partial charge is 0.289 e. The van der Waals surface area contributed by atoms with E-state index < -0.39 is 5.82 Å². The fraction of sp³-hybridized carbons (Fsp3) is 0.333. The van der Waals surface area contributed by atoms with Crippen LogP contribution in [0.3, 0.4) is 0 Å². The largest absolute Gasteiger partial charge is 0.459 e.